The van der Waals surface area contributed by atoms with Crippen LogP contribution >= 0.6 is 12.2 Å². The summed E-state index contributed by atoms with van der Waals surface area (Å²) in [7, 11) is 0. The van der Waals surface area contributed by atoms with Gasteiger partial charge in [0, 0.05) is 18.8 Å². The van der Waals surface area contributed by atoms with Crippen molar-refractivity contribution in [1.82, 2.24) is 10.2 Å². The second-order valence-corrected chi connectivity index (χ2v) is 3.16. The van der Waals surface area contributed by atoms with Crippen molar-refractivity contribution in [3.8, 4) is 0 Å². The van der Waals surface area contributed by atoms with Crippen LogP contribution in [0.15, 0.2) is 11.3 Å². The second kappa shape index (κ2) is 3.22. The van der Waals surface area contributed by atoms with E-state index >= 15 is 0 Å². The molecule has 0 atom stereocenters. The molecule has 0 saturated heterocycles. The topological polar surface area (TPSA) is 15.3 Å². The van der Waals surface area contributed by atoms with Gasteiger partial charge in [-0.2, -0.15) is 0 Å². The summed E-state index contributed by atoms with van der Waals surface area (Å²) in [5.74, 6) is 0. The zero-order valence-electron chi connectivity index (χ0n) is 7.27. The van der Waals surface area contributed by atoms with E-state index in [-0.39, 0.29) is 0 Å². The lowest BCUT2D eigenvalue weighted by atomic mass is 10.2. The van der Waals surface area contributed by atoms with Crippen molar-refractivity contribution in [2.45, 2.75) is 20.8 Å². The maximum Gasteiger partial charge on any atom is 0.173 e. The average molecular weight is 170 g/mol. The Morgan fingerprint density at radius 1 is 1.55 bits per heavy atom. The summed E-state index contributed by atoms with van der Waals surface area (Å²) >= 11 is 5.14. The van der Waals surface area contributed by atoms with Crippen LogP contribution in [0.3, 0.4) is 0 Å². The highest BCUT2D eigenvalue weighted by Gasteiger charge is 2.15. The first kappa shape index (κ1) is 8.53. The molecule has 2 nitrogen and oxygen atoms in total. The Kier molecular flexibility index (Phi) is 2.49. The van der Waals surface area contributed by atoms with Gasteiger partial charge in [-0.3, -0.25) is 0 Å². The molecule has 3 heteroatoms. The fourth-order valence-electron chi connectivity index (χ4n) is 1.20. The van der Waals surface area contributed by atoms with Gasteiger partial charge in [-0.05, 0) is 38.6 Å². The van der Waals surface area contributed by atoms with E-state index < -0.39 is 0 Å². The monoisotopic (exact) mass is 170 g/mol. The van der Waals surface area contributed by atoms with E-state index in [1.54, 1.807) is 0 Å². The fourth-order valence-corrected chi connectivity index (χ4v) is 1.53. The molecular weight excluding hydrogens is 156 g/mol. The SMILES string of the molecule is CCN1C(=S)NCC(C)=C1C. The van der Waals surface area contributed by atoms with Crippen molar-refractivity contribution in [1.29, 1.82) is 0 Å². The summed E-state index contributed by atoms with van der Waals surface area (Å²) in [6.45, 7) is 8.21. The first-order chi connectivity index (χ1) is 5.16. The van der Waals surface area contributed by atoms with E-state index in [9.17, 15) is 0 Å². The van der Waals surface area contributed by atoms with Crippen LogP contribution < -0.4 is 5.32 Å². The molecule has 11 heavy (non-hydrogen) atoms. The number of hydrogen-bond donors (Lipinski definition) is 1. The summed E-state index contributed by atoms with van der Waals surface area (Å²) in [5.41, 5.74) is 2.68. The first-order valence-electron chi connectivity index (χ1n) is 3.88. The summed E-state index contributed by atoms with van der Waals surface area (Å²) in [4.78, 5) is 2.12. The van der Waals surface area contributed by atoms with Gasteiger partial charge in [0.2, 0.25) is 0 Å². The highest BCUT2D eigenvalue weighted by atomic mass is 32.1. The number of hydrogen-bond acceptors (Lipinski definition) is 1. The Morgan fingerprint density at radius 3 is 2.64 bits per heavy atom. The van der Waals surface area contributed by atoms with Crippen LogP contribution in [0, 0.1) is 0 Å². The number of rotatable bonds is 1. The normalized spacial score (nSPS) is 18.8. The summed E-state index contributed by atoms with van der Waals surface area (Å²) in [6, 6.07) is 0. The minimum absolute atomic E-state index is 0.857. The van der Waals surface area contributed by atoms with E-state index in [2.05, 4.69) is 31.0 Å². The minimum atomic E-state index is 0.857. The van der Waals surface area contributed by atoms with Gasteiger partial charge in [0.15, 0.2) is 5.11 Å². The van der Waals surface area contributed by atoms with Gasteiger partial charge in [-0.1, -0.05) is 0 Å². The third-order valence-corrected chi connectivity index (χ3v) is 2.45. The summed E-state index contributed by atoms with van der Waals surface area (Å²) in [6.07, 6.45) is 0. The maximum atomic E-state index is 5.14. The standard InChI is InChI=1S/C8H14N2S/c1-4-10-7(3)6(2)5-9-8(10)11/h4-5H2,1-3H3,(H,9,11). The van der Waals surface area contributed by atoms with E-state index in [4.69, 9.17) is 12.2 Å². The van der Waals surface area contributed by atoms with E-state index in [0.717, 1.165) is 18.2 Å². The van der Waals surface area contributed by atoms with Crippen molar-refractivity contribution in [2.24, 2.45) is 0 Å². The molecule has 1 heterocycles. The van der Waals surface area contributed by atoms with Crippen molar-refractivity contribution >= 4 is 17.3 Å². The molecule has 1 aliphatic rings. The van der Waals surface area contributed by atoms with Crippen LogP contribution in [0.1, 0.15) is 20.8 Å². The van der Waals surface area contributed by atoms with Gasteiger partial charge in [-0.15, -0.1) is 0 Å². The molecule has 0 radical (unpaired) electrons. The second-order valence-electron chi connectivity index (χ2n) is 2.77. The van der Waals surface area contributed by atoms with Gasteiger partial charge >= 0.3 is 0 Å². The van der Waals surface area contributed by atoms with Crippen molar-refractivity contribution in [3.63, 3.8) is 0 Å². The third-order valence-electron chi connectivity index (χ3n) is 2.09. The predicted molar refractivity (Wildman–Crippen MR) is 51.4 cm³/mol. The van der Waals surface area contributed by atoms with Crippen LogP contribution in [0.25, 0.3) is 0 Å². The van der Waals surface area contributed by atoms with Gasteiger partial charge < -0.3 is 10.2 Å². The minimum Gasteiger partial charge on any atom is -0.358 e. The molecule has 0 bridgehead atoms. The smallest absolute Gasteiger partial charge is 0.173 e. The molecule has 0 aromatic heterocycles. The van der Waals surface area contributed by atoms with Gasteiger partial charge in [-0.25, -0.2) is 0 Å². The maximum absolute atomic E-state index is 5.14. The van der Waals surface area contributed by atoms with E-state index in [1.165, 1.54) is 11.3 Å². The molecule has 0 aromatic carbocycles. The molecule has 0 amide bonds. The Hall–Kier alpha value is -0.570. The average Bonchev–Trinajstić information content (AvgIpc) is 1.99. The Bertz CT molecular complexity index is 208. The molecule has 0 aromatic rings. The lowest BCUT2D eigenvalue weighted by Gasteiger charge is -2.31. The van der Waals surface area contributed by atoms with Gasteiger partial charge in [0.1, 0.15) is 0 Å². The molecule has 0 saturated carbocycles. The van der Waals surface area contributed by atoms with Crippen molar-refractivity contribution in [2.75, 3.05) is 13.1 Å². The lowest BCUT2D eigenvalue weighted by Crippen LogP contribution is -2.43. The first-order valence-corrected chi connectivity index (χ1v) is 4.29. The molecule has 1 N–H and O–H groups in total. The molecule has 0 unspecified atom stereocenters. The molecule has 1 rings (SSSR count). The number of nitrogens with one attached hydrogen (secondary N) is 1. The molecule has 0 aliphatic carbocycles. The Labute approximate surface area is 73.3 Å². The van der Waals surface area contributed by atoms with Crippen molar-refractivity contribution < 1.29 is 0 Å². The van der Waals surface area contributed by atoms with Crippen LogP contribution in [-0.4, -0.2) is 23.1 Å². The number of thiocarbonyl (C=S) groups is 1. The molecule has 0 fully saturated rings. The summed E-state index contributed by atoms with van der Waals surface area (Å²) in [5, 5.41) is 4.02. The largest absolute Gasteiger partial charge is 0.358 e. The van der Waals surface area contributed by atoms with E-state index in [0.29, 0.717) is 0 Å². The number of nitrogens with zero attached hydrogens (tertiary/aromatic N) is 1. The Balaban J connectivity index is 2.87. The molecule has 0 spiro atoms. The van der Waals surface area contributed by atoms with Gasteiger partial charge in [0.25, 0.3) is 0 Å². The zero-order valence-corrected chi connectivity index (χ0v) is 8.09. The fraction of sp³-hybridized carbons (Fsp3) is 0.625. The highest BCUT2D eigenvalue weighted by Crippen LogP contribution is 2.13. The molecule has 1 aliphatic heterocycles. The van der Waals surface area contributed by atoms with Crippen LogP contribution in [0.4, 0.5) is 0 Å². The third kappa shape index (κ3) is 1.53. The van der Waals surface area contributed by atoms with Crippen LogP contribution in [0.5, 0.6) is 0 Å². The molecular formula is C8H14N2S. The van der Waals surface area contributed by atoms with Crippen LogP contribution in [0.2, 0.25) is 0 Å². The zero-order chi connectivity index (χ0) is 8.43. The van der Waals surface area contributed by atoms with Gasteiger partial charge in [0.05, 0.1) is 0 Å². The molecule has 62 valence electrons. The van der Waals surface area contributed by atoms with Crippen LogP contribution in [-0.2, 0) is 0 Å². The van der Waals surface area contributed by atoms with Crippen molar-refractivity contribution in [3.05, 3.63) is 11.3 Å². The summed E-state index contributed by atoms with van der Waals surface area (Å²) < 4.78 is 0. The lowest BCUT2D eigenvalue weighted by molar-refractivity contribution is 0.505. The predicted octanol–water partition coefficient (Wildman–Crippen LogP) is 1.49. The van der Waals surface area contributed by atoms with E-state index in [1.807, 2.05) is 0 Å². The highest BCUT2D eigenvalue weighted by molar-refractivity contribution is 7.80. The Morgan fingerprint density at radius 2 is 2.18 bits per heavy atom. The quantitative estimate of drug-likeness (QED) is 0.600. The number of allylic oxidation sites excluding steroid dienone is 1.